The van der Waals surface area contributed by atoms with Gasteiger partial charge in [-0.2, -0.15) is 0 Å². The number of carbonyl (C=O) groups is 1. The fourth-order valence-corrected chi connectivity index (χ4v) is 2.19. The first-order chi connectivity index (χ1) is 9.66. The molecule has 1 amide bonds. The maximum absolute atomic E-state index is 12.0. The summed E-state index contributed by atoms with van der Waals surface area (Å²) in [6.07, 6.45) is 1.60. The summed E-state index contributed by atoms with van der Waals surface area (Å²) >= 11 is 3.32. The topological polar surface area (TPSA) is 54.0 Å². The van der Waals surface area contributed by atoms with Crippen molar-refractivity contribution in [1.82, 2.24) is 10.3 Å². The van der Waals surface area contributed by atoms with Crippen molar-refractivity contribution in [2.24, 2.45) is 0 Å². The smallest absolute Gasteiger partial charge is 0.271 e. The number of benzene rings is 1. The van der Waals surface area contributed by atoms with Gasteiger partial charge in [0.2, 0.25) is 0 Å². The Bertz CT molecular complexity index is 574. The molecule has 1 aromatic carbocycles. The third-order valence-corrected chi connectivity index (χ3v) is 3.37. The number of nitrogens with zero attached hydrogens (tertiary/aromatic N) is 1. The monoisotopic (exact) mass is 333 g/mol. The lowest BCUT2D eigenvalue weighted by Gasteiger charge is -2.16. The highest BCUT2D eigenvalue weighted by molar-refractivity contribution is 9.10. The second kappa shape index (κ2) is 7.05. The van der Waals surface area contributed by atoms with Gasteiger partial charge in [-0.3, -0.25) is 4.79 Å². The number of pyridine rings is 1. The van der Waals surface area contributed by atoms with Crippen molar-refractivity contribution in [3.05, 3.63) is 58.8 Å². The molecule has 0 radical (unpaired) electrons. The quantitative estimate of drug-likeness (QED) is 0.884. The number of aromatic nitrogens is 1. The summed E-state index contributed by atoms with van der Waals surface area (Å²) in [6.45, 7) is 2.54. The maximum atomic E-state index is 12.0. The fourth-order valence-electron chi connectivity index (χ4n) is 1.75. The molecule has 1 aromatic heterocycles. The van der Waals surface area contributed by atoms with Crippen LogP contribution in [0.2, 0.25) is 0 Å². The largest absolute Gasteiger partial charge is 0.381 e. The summed E-state index contributed by atoms with van der Waals surface area (Å²) in [7, 11) is 0. The zero-order valence-corrected chi connectivity index (χ0v) is 12.7. The molecular weight excluding hydrogens is 318 g/mol. The highest BCUT2D eigenvalue weighted by Crippen LogP contribution is 2.13. The number of para-hydroxylation sites is 1. The van der Waals surface area contributed by atoms with Crippen LogP contribution in [0.3, 0.4) is 0 Å². The van der Waals surface area contributed by atoms with E-state index in [4.69, 9.17) is 0 Å². The minimum Gasteiger partial charge on any atom is -0.381 e. The van der Waals surface area contributed by atoms with Crippen LogP contribution >= 0.6 is 15.9 Å². The molecule has 1 atom stereocenters. The van der Waals surface area contributed by atoms with Crippen molar-refractivity contribution in [2.45, 2.75) is 13.0 Å². The Morgan fingerprint density at radius 3 is 2.70 bits per heavy atom. The highest BCUT2D eigenvalue weighted by atomic mass is 79.9. The van der Waals surface area contributed by atoms with E-state index in [1.165, 1.54) is 0 Å². The molecule has 0 aliphatic carbocycles. The molecule has 20 heavy (non-hydrogen) atoms. The number of anilines is 1. The van der Waals surface area contributed by atoms with Crippen molar-refractivity contribution in [3.63, 3.8) is 0 Å². The fraction of sp³-hybridized carbons (Fsp3) is 0.200. The van der Waals surface area contributed by atoms with E-state index >= 15 is 0 Å². The first-order valence-corrected chi connectivity index (χ1v) is 7.16. The van der Waals surface area contributed by atoms with Crippen LogP contribution in [0.4, 0.5) is 5.69 Å². The number of halogens is 1. The molecule has 4 nitrogen and oxygen atoms in total. The van der Waals surface area contributed by atoms with Gasteiger partial charge in [-0.15, -0.1) is 0 Å². The third kappa shape index (κ3) is 4.06. The third-order valence-electron chi connectivity index (χ3n) is 2.73. The van der Waals surface area contributed by atoms with Gasteiger partial charge >= 0.3 is 0 Å². The molecule has 0 saturated carbocycles. The van der Waals surface area contributed by atoms with Gasteiger partial charge in [-0.25, -0.2) is 4.98 Å². The van der Waals surface area contributed by atoms with Gasteiger partial charge in [0.05, 0.1) is 0 Å². The van der Waals surface area contributed by atoms with E-state index in [-0.39, 0.29) is 11.9 Å². The number of nitrogens with one attached hydrogen (secondary N) is 2. The van der Waals surface area contributed by atoms with E-state index in [0.29, 0.717) is 16.7 Å². The summed E-state index contributed by atoms with van der Waals surface area (Å²) in [5, 5.41) is 6.18. The Labute approximate surface area is 126 Å². The number of amides is 1. The van der Waals surface area contributed by atoms with Crippen LogP contribution in [0.15, 0.2) is 53.1 Å². The maximum Gasteiger partial charge on any atom is 0.271 e. The van der Waals surface area contributed by atoms with Gasteiger partial charge in [-0.05, 0) is 47.1 Å². The SMILES string of the molecule is C[C@@H](CNC(=O)c1ncccc1Br)Nc1ccccc1. The molecule has 0 bridgehead atoms. The predicted octanol–water partition coefficient (Wildman–Crippen LogP) is 3.07. The summed E-state index contributed by atoms with van der Waals surface area (Å²) in [5.74, 6) is -0.181. The zero-order valence-electron chi connectivity index (χ0n) is 11.1. The Kier molecular flexibility index (Phi) is 5.12. The molecule has 0 unspecified atom stereocenters. The zero-order chi connectivity index (χ0) is 14.4. The first-order valence-electron chi connectivity index (χ1n) is 6.37. The molecule has 0 spiro atoms. The molecule has 0 fully saturated rings. The Morgan fingerprint density at radius 2 is 2.00 bits per heavy atom. The van der Waals surface area contributed by atoms with Crippen LogP contribution in [0.1, 0.15) is 17.4 Å². The molecule has 2 aromatic rings. The number of hydrogen-bond acceptors (Lipinski definition) is 3. The van der Waals surface area contributed by atoms with Gasteiger partial charge < -0.3 is 10.6 Å². The Balaban J connectivity index is 1.86. The van der Waals surface area contributed by atoms with Crippen molar-refractivity contribution in [2.75, 3.05) is 11.9 Å². The van der Waals surface area contributed by atoms with Crippen LogP contribution in [-0.2, 0) is 0 Å². The van der Waals surface area contributed by atoms with E-state index < -0.39 is 0 Å². The molecular formula is C15H16BrN3O. The molecule has 5 heteroatoms. The van der Waals surface area contributed by atoms with E-state index in [2.05, 4.69) is 31.5 Å². The predicted molar refractivity (Wildman–Crippen MR) is 83.8 cm³/mol. The average molecular weight is 334 g/mol. The van der Waals surface area contributed by atoms with Crippen molar-refractivity contribution < 1.29 is 4.79 Å². The van der Waals surface area contributed by atoms with Gasteiger partial charge in [0, 0.05) is 28.9 Å². The molecule has 2 N–H and O–H groups in total. The van der Waals surface area contributed by atoms with E-state index in [1.807, 2.05) is 37.3 Å². The van der Waals surface area contributed by atoms with E-state index in [1.54, 1.807) is 18.3 Å². The van der Waals surface area contributed by atoms with Crippen LogP contribution in [0.25, 0.3) is 0 Å². The summed E-state index contributed by atoms with van der Waals surface area (Å²) in [4.78, 5) is 16.1. The second-order valence-electron chi connectivity index (χ2n) is 4.46. The molecule has 0 saturated heterocycles. The van der Waals surface area contributed by atoms with Crippen LogP contribution < -0.4 is 10.6 Å². The van der Waals surface area contributed by atoms with Crippen molar-refractivity contribution in [3.8, 4) is 0 Å². The lowest BCUT2D eigenvalue weighted by Crippen LogP contribution is -2.35. The minimum atomic E-state index is -0.181. The van der Waals surface area contributed by atoms with Crippen molar-refractivity contribution in [1.29, 1.82) is 0 Å². The molecule has 0 aliphatic rings. The van der Waals surface area contributed by atoms with Crippen LogP contribution in [0, 0.1) is 0 Å². The Morgan fingerprint density at radius 1 is 1.25 bits per heavy atom. The lowest BCUT2D eigenvalue weighted by molar-refractivity contribution is 0.0946. The molecule has 1 heterocycles. The van der Waals surface area contributed by atoms with Crippen molar-refractivity contribution >= 4 is 27.5 Å². The summed E-state index contributed by atoms with van der Waals surface area (Å²) < 4.78 is 0.696. The van der Waals surface area contributed by atoms with E-state index in [9.17, 15) is 4.79 Å². The second-order valence-corrected chi connectivity index (χ2v) is 5.31. The first kappa shape index (κ1) is 14.5. The highest BCUT2D eigenvalue weighted by Gasteiger charge is 2.11. The number of carbonyl (C=O) groups excluding carboxylic acids is 1. The normalized spacial score (nSPS) is 11.7. The molecule has 104 valence electrons. The molecule has 2 rings (SSSR count). The van der Waals surface area contributed by atoms with Gasteiger partial charge in [-0.1, -0.05) is 18.2 Å². The molecule has 0 aliphatic heterocycles. The van der Waals surface area contributed by atoms with Crippen LogP contribution in [0.5, 0.6) is 0 Å². The van der Waals surface area contributed by atoms with Gasteiger partial charge in [0.25, 0.3) is 5.91 Å². The van der Waals surface area contributed by atoms with Gasteiger partial charge in [0.15, 0.2) is 0 Å². The summed E-state index contributed by atoms with van der Waals surface area (Å²) in [5.41, 5.74) is 1.44. The number of hydrogen-bond donors (Lipinski definition) is 2. The average Bonchev–Trinajstić information content (AvgIpc) is 2.46. The summed E-state index contributed by atoms with van der Waals surface area (Å²) in [6, 6.07) is 13.6. The standard InChI is InChI=1S/C15H16BrN3O/c1-11(19-12-6-3-2-4-7-12)10-18-15(20)14-13(16)8-5-9-17-14/h2-9,11,19H,10H2,1H3,(H,18,20)/t11-/m0/s1. The lowest BCUT2D eigenvalue weighted by atomic mass is 10.2. The van der Waals surface area contributed by atoms with Crippen LogP contribution in [-0.4, -0.2) is 23.5 Å². The van der Waals surface area contributed by atoms with Gasteiger partial charge in [0.1, 0.15) is 5.69 Å². The number of rotatable bonds is 5. The Hall–Kier alpha value is -1.88. The van der Waals surface area contributed by atoms with E-state index in [0.717, 1.165) is 5.69 Å². The minimum absolute atomic E-state index is 0.129.